The Labute approximate surface area is 74.5 Å². The van der Waals surface area contributed by atoms with Crippen molar-refractivity contribution < 1.29 is 17.6 Å². The molecule has 1 heterocycles. The molecule has 0 aliphatic rings. The van der Waals surface area contributed by atoms with E-state index in [2.05, 4.69) is 4.42 Å². The number of furan rings is 1. The van der Waals surface area contributed by atoms with Gasteiger partial charge in [-0.1, -0.05) is 0 Å². The molecular weight excluding hydrogens is 204 g/mol. The zero-order chi connectivity index (χ0) is 9.19. The van der Waals surface area contributed by atoms with Crippen LogP contribution in [-0.4, -0.2) is 15.5 Å². The van der Waals surface area contributed by atoms with Crippen LogP contribution < -0.4 is 0 Å². The summed E-state index contributed by atoms with van der Waals surface area (Å²) in [4.78, 5) is 0. The molecule has 0 aliphatic heterocycles. The molecule has 68 valence electrons. The van der Waals surface area contributed by atoms with E-state index in [1.807, 2.05) is 0 Å². The molecule has 0 saturated carbocycles. The van der Waals surface area contributed by atoms with Gasteiger partial charge in [0, 0.05) is 23.4 Å². The zero-order valence-electron chi connectivity index (χ0n) is 6.28. The Kier molecular flexibility index (Phi) is 2.76. The van der Waals surface area contributed by atoms with Gasteiger partial charge in [-0.15, -0.1) is 0 Å². The third kappa shape index (κ3) is 2.00. The second kappa shape index (κ2) is 3.47. The SMILES string of the molecule is COCc1ccoc1S(=O)(=O)Cl. The van der Waals surface area contributed by atoms with Crippen molar-refractivity contribution in [2.24, 2.45) is 0 Å². The average Bonchev–Trinajstić information content (AvgIpc) is 2.34. The van der Waals surface area contributed by atoms with Crippen LogP contribution in [0.4, 0.5) is 0 Å². The summed E-state index contributed by atoms with van der Waals surface area (Å²) in [6.45, 7) is 0.164. The van der Waals surface area contributed by atoms with E-state index in [1.165, 1.54) is 19.4 Å². The molecule has 0 spiro atoms. The third-order valence-electron chi connectivity index (χ3n) is 1.23. The van der Waals surface area contributed by atoms with Crippen LogP contribution in [0, 0.1) is 0 Å². The van der Waals surface area contributed by atoms with Gasteiger partial charge in [0.25, 0.3) is 9.05 Å². The van der Waals surface area contributed by atoms with Crippen LogP contribution in [0.2, 0.25) is 0 Å². The molecule has 12 heavy (non-hydrogen) atoms. The Bertz CT molecular complexity index is 353. The Morgan fingerprint density at radius 3 is 2.83 bits per heavy atom. The maximum Gasteiger partial charge on any atom is 0.294 e. The molecule has 0 aromatic carbocycles. The zero-order valence-corrected chi connectivity index (χ0v) is 7.85. The van der Waals surface area contributed by atoms with Gasteiger partial charge < -0.3 is 9.15 Å². The van der Waals surface area contributed by atoms with E-state index in [4.69, 9.17) is 15.4 Å². The molecule has 0 N–H and O–H groups in total. The topological polar surface area (TPSA) is 56.5 Å². The highest BCUT2D eigenvalue weighted by Crippen LogP contribution is 2.21. The van der Waals surface area contributed by atoms with Crippen molar-refractivity contribution in [3.8, 4) is 0 Å². The minimum Gasteiger partial charge on any atom is -0.451 e. The lowest BCUT2D eigenvalue weighted by molar-refractivity contribution is 0.180. The summed E-state index contributed by atoms with van der Waals surface area (Å²) < 4.78 is 31.0. The highest BCUT2D eigenvalue weighted by Gasteiger charge is 2.18. The number of halogens is 1. The van der Waals surface area contributed by atoms with Gasteiger partial charge in [0.1, 0.15) is 0 Å². The van der Waals surface area contributed by atoms with Gasteiger partial charge in [0.15, 0.2) is 0 Å². The van der Waals surface area contributed by atoms with E-state index >= 15 is 0 Å². The smallest absolute Gasteiger partial charge is 0.294 e. The second-order valence-electron chi connectivity index (χ2n) is 2.10. The van der Waals surface area contributed by atoms with Crippen LogP contribution in [0.1, 0.15) is 5.56 Å². The number of methoxy groups -OCH3 is 1. The summed E-state index contributed by atoms with van der Waals surface area (Å²) >= 11 is 0. The van der Waals surface area contributed by atoms with Gasteiger partial charge in [-0.3, -0.25) is 0 Å². The normalized spacial score (nSPS) is 11.8. The van der Waals surface area contributed by atoms with Gasteiger partial charge in [-0.25, -0.2) is 8.42 Å². The van der Waals surface area contributed by atoms with Gasteiger partial charge in [-0.05, 0) is 6.07 Å². The highest BCUT2D eigenvalue weighted by molar-refractivity contribution is 8.13. The van der Waals surface area contributed by atoms with Gasteiger partial charge in [0.2, 0.25) is 5.09 Å². The predicted octanol–water partition coefficient (Wildman–Crippen LogP) is 1.35. The van der Waals surface area contributed by atoms with Crippen LogP contribution in [0.25, 0.3) is 0 Å². The molecule has 0 atom stereocenters. The molecule has 0 amide bonds. The van der Waals surface area contributed by atoms with E-state index in [1.54, 1.807) is 0 Å². The maximum atomic E-state index is 10.8. The minimum atomic E-state index is -3.79. The summed E-state index contributed by atoms with van der Waals surface area (Å²) in [5.41, 5.74) is 0.424. The van der Waals surface area contributed by atoms with Crippen LogP contribution in [-0.2, 0) is 20.4 Å². The fraction of sp³-hybridized carbons (Fsp3) is 0.333. The monoisotopic (exact) mass is 210 g/mol. The summed E-state index contributed by atoms with van der Waals surface area (Å²) in [7, 11) is 2.73. The Balaban J connectivity index is 3.08. The molecule has 1 rings (SSSR count). The van der Waals surface area contributed by atoms with Crippen molar-refractivity contribution in [3.63, 3.8) is 0 Å². The van der Waals surface area contributed by atoms with E-state index < -0.39 is 9.05 Å². The first-order chi connectivity index (χ1) is 5.55. The molecule has 4 nitrogen and oxygen atoms in total. The first-order valence-corrected chi connectivity index (χ1v) is 5.36. The second-order valence-corrected chi connectivity index (χ2v) is 4.57. The largest absolute Gasteiger partial charge is 0.451 e. The van der Waals surface area contributed by atoms with Crippen molar-refractivity contribution in [2.75, 3.05) is 7.11 Å². The van der Waals surface area contributed by atoms with Crippen molar-refractivity contribution in [3.05, 3.63) is 17.9 Å². The van der Waals surface area contributed by atoms with Crippen molar-refractivity contribution in [2.45, 2.75) is 11.7 Å². The number of hydrogen-bond acceptors (Lipinski definition) is 4. The van der Waals surface area contributed by atoms with Crippen molar-refractivity contribution >= 4 is 19.7 Å². The molecule has 0 aliphatic carbocycles. The van der Waals surface area contributed by atoms with Crippen LogP contribution in [0.3, 0.4) is 0 Å². The van der Waals surface area contributed by atoms with Gasteiger partial charge >= 0.3 is 0 Å². The Morgan fingerprint density at radius 2 is 2.33 bits per heavy atom. The van der Waals surface area contributed by atoms with E-state index in [0.29, 0.717) is 5.56 Å². The summed E-state index contributed by atoms with van der Waals surface area (Å²) in [6.07, 6.45) is 1.25. The van der Waals surface area contributed by atoms with E-state index in [9.17, 15) is 8.42 Å². The van der Waals surface area contributed by atoms with Crippen molar-refractivity contribution in [1.29, 1.82) is 0 Å². The number of rotatable bonds is 3. The fourth-order valence-corrected chi connectivity index (χ4v) is 1.82. The number of ether oxygens (including phenoxy) is 1. The van der Waals surface area contributed by atoms with Crippen LogP contribution in [0.5, 0.6) is 0 Å². The molecule has 0 fully saturated rings. The average molecular weight is 211 g/mol. The molecule has 1 aromatic rings. The minimum absolute atomic E-state index is 0.164. The molecular formula is C6H7ClO4S. The lowest BCUT2D eigenvalue weighted by Crippen LogP contribution is -1.94. The summed E-state index contributed by atoms with van der Waals surface area (Å²) in [5, 5.41) is -0.244. The fourth-order valence-electron chi connectivity index (χ4n) is 0.798. The Morgan fingerprint density at radius 1 is 1.67 bits per heavy atom. The Hall–Kier alpha value is -0.520. The molecule has 0 radical (unpaired) electrons. The highest BCUT2D eigenvalue weighted by atomic mass is 35.7. The lowest BCUT2D eigenvalue weighted by atomic mass is 10.4. The molecule has 6 heteroatoms. The first kappa shape index (κ1) is 9.57. The van der Waals surface area contributed by atoms with Crippen molar-refractivity contribution in [1.82, 2.24) is 0 Å². The van der Waals surface area contributed by atoms with E-state index in [-0.39, 0.29) is 11.7 Å². The van der Waals surface area contributed by atoms with Crippen LogP contribution >= 0.6 is 10.7 Å². The predicted molar refractivity (Wildman–Crippen MR) is 42.5 cm³/mol. The standard InChI is InChI=1S/C6H7ClO4S/c1-10-4-5-2-3-11-6(5)12(7,8)9/h2-3H,4H2,1H3. The van der Waals surface area contributed by atoms with E-state index in [0.717, 1.165) is 0 Å². The van der Waals surface area contributed by atoms with Gasteiger partial charge in [0.05, 0.1) is 12.9 Å². The molecule has 1 aromatic heterocycles. The first-order valence-electron chi connectivity index (χ1n) is 3.05. The lowest BCUT2D eigenvalue weighted by Gasteiger charge is -1.96. The summed E-state index contributed by atoms with van der Waals surface area (Å²) in [6, 6.07) is 1.50. The molecule has 0 bridgehead atoms. The van der Waals surface area contributed by atoms with Gasteiger partial charge in [-0.2, -0.15) is 0 Å². The van der Waals surface area contributed by atoms with Crippen LogP contribution in [0.15, 0.2) is 21.8 Å². The molecule has 0 unspecified atom stereocenters. The number of hydrogen-bond donors (Lipinski definition) is 0. The molecule has 0 saturated heterocycles. The quantitative estimate of drug-likeness (QED) is 0.707. The summed E-state index contributed by atoms with van der Waals surface area (Å²) in [5.74, 6) is 0. The maximum absolute atomic E-state index is 10.8. The third-order valence-corrected chi connectivity index (χ3v) is 2.45.